The van der Waals surface area contributed by atoms with Gasteiger partial charge in [-0.05, 0) is 12.8 Å². The van der Waals surface area contributed by atoms with Gasteiger partial charge in [0.25, 0.3) is 0 Å². The van der Waals surface area contributed by atoms with Gasteiger partial charge in [0.1, 0.15) is 11.8 Å². The first kappa shape index (κ1) is 11.4. The Bertz CT molecular complexity index is 526. The summed E-state index contributed by atoms with van der Waals surface area (Å²) in [5.74, 6) is 0.725. The summed E-state index contributed by atoms with van der Waals surface area (Å²) in [5.41, 5.74) is 1.45. The zero-order valence-corrected chi connectivity index (χ0v) is 10.1. The standard InChI is InChI=1S/C12H17N5O/c18-9-5-3-1-2-4-8(9)17-12-10-11(14-6-13-10)15-7-16-12/h6-9,18H,1-5H2,(H2,13,14,15,16,17). The molecule has 3 N–H and O–H groups in total. The van der Waals surface area contributed by atoms with Gasteiger partial charge >= 0.3 is 0 Å². The number of fused-ring (bicyclic) bond motifs is 1. The minimum Gasteiger partial charge on any atom is -0.391 e. The second-order valence-corrected chi connectivity index (χ2v) is 4.78. The highest BCUT2D eigenvalue weighted by Gasteiger charge is 2.22. The van der Waals surface area contributed by atoms with Gasteiger partial charge in [0, 0.05) is 0 Å². The van der Waals surface area contributed by atoms with Crippen LogP contribution in [0.5, 0.6) is 0 Å². The van der Waals surface area contributed by atoms with E-state index in [9.17, 15) is 5.11 Å². The van der Waals surface area contributed by atoms with Crippen LogP contribution in [-0.4, -0.2) is 37.2 Å². The van der Waals surface area contributed by atoms with E-state index < -0.39 is 0 Å². The molecule has 96 valence electrons. The van der Waals surface area contributed by atoms with Crippen molar-refractivity contribution in [1.82, 2.24) is 19.9 Å². The van der Waals surface area contributed by atoms with E-state index >= 15 is 0 Å². The number of H-pyrrole nitrogens is 1. The highest BCUT2D eigenvalue weighted by atomic mass is 16.3. The number of anilines is 1. The fourth-order valence-corrected chi connectivity index (χ4v) is 2.51. The Labute approximate surface area is 105 Å². The summed E-state index contributed by atoms with van der Waals surface area (Å²) in [6.45, 7) is 0. The molecular formula is C12H17N5O. The number of nitrogens with one attached hydrogen (secondary N) is 2. The van der Waals surface area contributed by atoms with Crippen molar-refractivity contribution >= 4 is 17.0 Å². The lowest BCUT2D eigenvalue weighted by molar-refractivity contribution is 0.144. The molecule has 18 heavy (non-hydrogen) atoms. The normalized spacial score (nSPS) is 24.9. The maximum Gasteiger partial charge on any atom is 0.182 e. The molecule has 2 heterocycles. The van der Waals surface area contributed by atoms with Crippen LogP contribution in [0.2, 0.25) is 0 Å². The molecule has 0 amide bonds. The van der Waals surface area contributed by atoms with Gasteiger partial charge in [0.2, 0.25) is 0 Å². The van der Waals surface area contributed by atoms with Crippen molar-refractivity contribution in [3.05, 3.63) is 12.7 Å². The molecule has 0 radical (unpaired) electrons. The Morgan fingerprint density at radius 3 is 3.00 bits per heavy atom. The molecule has 2 unspecified atom stereocenters. The van der Waals surface area contributed by atoms with E-state index in [1.165, 1.54) is 12.7 Å². The summed E-state index contributed by atoms with van der Waals surface area (Å²) in [6.07, 6.45) is 8.06. The highest BCUT2D eigenvalue weighted by Crippen LogP contribution is 2.23. The zero-order chi connectivity index (χ0) is 12.4. The van der Waals surface area contributed by atoms with Crippen LogP contribution in [0.15, 0.2) is 12.7 Å². The first-order valence-electron chi connectivity index (χ1n) is 6.43. The van der Waals surface area contributed by atoms with Crippen LogP contribution < -0.4 is 5.32 Å². The summed E-state index contributed by atoms with van der Waals surface area (Å²) in [6, 6.07) is 0.0638. The van der Waals surface area contributed by atoms with E-state index in [0.29, 0.717) is 5.65 Å². The van der Waals surface area contributed by atoms with Crippen LogP contribution in [0.25, 0.3) is 11.2 Å². The number of aromatic nitrogens is 4. The third kappa shape index (κ3) is 2.15. The van der Waals surface area contributed by atoms with Crippen LogP contribution in [-0.2, 0) is 0 Å². The average Bonchev–Trinajstić information content (AvgIpc) is 2.77. The number of aromatic amines is 1. The van der Waals surface area contributed by atoms with Crippen LogP contribution in [0, 0.1) is 0 Å². The van der Waals surface area contributed by atoms with Gasteiger partial charge in [-0.3, -0.25) is 0 Å². The Morgan fingerprint density at radius 1 is 1.17 bits per heavy atom. The summed E-state index contributed by atoms with van der Waals surface area (Å²) in [5, 5.41) is 13.4. The molecule has 0 saturated heterocycles. The molecule has 0 spiro atoms. The molecule has 2 aromatic heterocycles. The Kier molecular flexibility index (Phi) is 3.10. The van der Waals surface area contributed by atoms with E-state index in [4.69, 9.17) is 0 Å². The smallest absolute Gasteiger partial charge is 0.182 e. The summed E-state index contributed by atoms with van der Waals surface area (Å²) in [7, 11) is 0. The first-order chi connectivity index (χ1) is 8.84. The molecule has 1 saturated carbocycles. The molecule has 2 aromatic rings. The van der Waals surface area contributed by atoms with E-state index in [1.807, 2.05) is 0 Å². The number of hydrogen-bond acceptors (Lipinski definition) is 5. The Balaban J connectivity index is 1.84. The van der Waals surface area contributed by atoms with Crippen molar-refractivity contribution < 1.29 is 5.11 Å². The molecular weight excluding hydrogens is 230 g/mol. The Morgan fingerprint density at radius 2 is 2.06 bits per heavy atom. The maximum absolute atomic E-state index is 10.1. The molecule has 6 heteroatoms. The minimum atomic E-state index is -0.305. The van der Waals surface area contributed by atoms with Crippen molar-refractivity contribution in [2.24, 2.45) is 0 Å². The lowest BCUT2D eigenvalue weighted by Crippen LogP contribution is -2.32. The molecule has 1 aliphatic carbocycles. The lowest BCUT2D eigenvalue weighted by Gasteiger charge is -2.22. The van der Waals surface area contributed by atoms with E-state index in [2.05, 4.69) is 25.3 Å². The van der Waals surface area contributed by atoms with Crippen molar-refractivity contribution in [3.8, 4) is 0 Å². The fourth-order valence-electron chi connectivity index (χ4n) is 2.51. The predicted octanol–water partition coefficient (Wildman–Crippen LogP) is 1.46. The molecule has 0 bridgehead atoms. The van der Waals surface area contributed by atoms with Gasteiger partial charge in [0.05, 0.1) is 18.5 Å². The average molecular weight is 247 g/mol. The van der Waals surface area contributed by atoms with Gasteiger partial charge in [-0.1, -0.05) is 19.3 Å². The highest BCUT2D eigenvalue weighted by molar-refractivity contribution is 5.82. The first-order valence-corrected chi connectivity index (χ1v) is 6.43. The second kappa shape index (κ2) is 4.89. The second-order valence-electron chi connectivity index (χ2n) is 4.78. The fraction of sp³-hybridized carbons (Fsp3) is 0.583. The van der Waals surface area contributed by atoms with Gasteiger partial charge < -0.3 is 15.4 Å². The molecule has 2 atom stereocenters. The van der Waals surface area contributed by atoms with Crippen LogP contribution >= 0.6 is 0 Å². The van der Waals surface area contributed by atoms with Crippen LogP contribution in [0.1, 0.15) is 32.1 Å². The SMILES string of the molecule is OC1CCCCCC1Nc1ncnc2nc[nH]c12. The maximum atomic E-state index is 10.1. The molecule has 1 fully saturated rings. The third-order valence-electron chi connectivity index (χ3n) is 3.52. The predicted molar refractivity (Wildman–Crippen MR) is 68.2 cm³/mol. The largest absolute Gasteiger partial charge is 0.391 e. The monoisotopic (exact) mass is 247 g/mol. The number of nitrogens with zero attached hydrogens (tertiary/aromatic N) is 3. The van der Waals surface area contributed by atoms with Gasteiger partial charge in [-0.2, -0.15) is 0 Å². The molecule has 0 aliphatic heterocycles. The van der Waals surface area contributed by atoms with Gasteiger partial charge in [0.15, 0.2) is 11.5 Å². The third-order valence-corrected chi connectivity index (χ3v) is 3.52. The topological polar surface area (TPSA) is 86.7 Å². The van der Waals surface area contributed by atoms with Crippen LogP contribution in [0.3, 0.4) is 0 Å². The van der Waals surface area contributed by atoms with E-state index in [-0.39, 0.29) is 12.1 Å². The molecule has 1 aliphatic rings. The van der Waals surface area contributed by atoms with Gasteiger partial charge in [-0.25, -0.2) is 15.0 Å². The number of rotatable bonds is 2. The van der Waals surface area contributed by atoms with Crippen LogP contribution in [0.4, 0.5) is 5.82 Å². The Hall–Kier alpha value is -1.69. The number of imidazole rings is 1. The summed E-state index contributed by atoms with van der Waals surface area (Å²) in [4.78, 5) is 15.4. The van der Waals surface area contributed by atoms with Crippen molar-refractivity contribution in [2.45, 2.75) is 44.2 Å². The molecule has 6 nitrogen and oxygen atoms in total. The zero-order valence-electron chi connectivity index (χ0n) is 10.1. The van der Waals surface area contributed by atoms with Gasteiger partial charge in [-0.15, -0.1) is 0 Å². The summed E-state index contributed by atoms with van der Waals surface area (Å²) >= 11 is 0. The van der Waals surface area contributed by atoms with Crippen molar-refractivity contribution in [3.63, 3.8) is 0 Å². The summed E-state index contributed by atoms with van der Waals surface area (Å²) < 4.78 is 0. The van der Waals surface area contributed by atoms with Crippen molar-refractivity contribution in [1.29, 1.82) is 0 Å². The minimum absolute atomic E-state index is 0.0638. The van der Waals surface area contributed by atoms with E-state index in [0.717, 1.165) is 37.0 Å². The number of aliphatic hydroxyl groups is 1. The van der Waals surface area contributed by atoms with E-state index in [1.54, 1.807) is 6.33 Å². The number of hydrogen-bond donors (Lipinski definition) is 3. The molecule has 0 aromatic carbocycles. The van der Waals surface area contributed by atoms with Crippen molar-refractivity contribution in [2.75, 3.05) is 5.32 Å². The lowest BCUT2D eigenvalue weighted by atomic mass is 10.1. The quantitative estimate of drug-likeness (QED) is 0.699. The molecule has 3 rings (SSSR count). The number of aliphatic hydroxyl groups excluding tert-OH is 1.